The molecule has 0 N–H and O–H groups in total. The molecule has 3 rings (SSSR count). The normalized spacial score (nSPS) is 27.2. The summed E-state index contributed by atoms with van der Waals surface area (Å²) in [6.45, 7) is 8.36. The van der Waals surface area contributed by atoms with Crippen LogP contribution in [-0.2, 0) is 39.9 Å². The Hall–Kier alpha value is -1.96. The van der Waals surface area contributed by atoms with Gasteiger partial charge in [0.2, 0.25) is 0 Å². The van der Waals surface area contributed by atoms with Crippen molar-refractivity contribution in [1.29, 1.82) is 0 Å². The summed E-state index contributed by atoms with van der Waals surface area (Å²) in [5.41, 5.74) is 1.17. The summed E-state index contributed by atoms with van der Waals surface area (Å²) in [5.74, 6) is -1.09. The van der Waals surface area contributed by atoms with Gasteiger partial charge in [0.15, 0.2) is 0 Å². The molecule has 7 nitrogen and oxygen atoms in total. The van der Waals surface area contributed by atoms with E-state index < -0.39 is 0 Å². The molecule has 0 aromatic heterocycles. The van der Waals surface area contributed by atoms with Gasteiger partial charge in [-0.15, -0.1) is 0 Å². The molecule has 7 heteroatoms. The molecule has 0 saturated carbocycles. The number of methoxy groups -OCH3 is 1. The number of carbonyl (C=O) groups is 2. The zero-order valence-corrected chi connectivity index (χ0v) is 22.5. The van der Waals surface area contributed by atoms with Gasteiger partial charge in [-0.1, -0.05) is 37.3 Å². The van der Waals surface area contributed by atoms with Gasteiger partial charge in [-0.25, -0.2) is 0 Å². The maximum Gasteiger partial charge on any atom is 0.311 e. The molecule has 202 valence electrons. The first-order valence-corrected chi connectivity index (χ1v) is 13.5. The fraction of sp³-hybridized carbons (Fsp3) is 0.724. The second kappa shape index (κ2) is 14.1. The van der Waals surface area contributed by atoms with Crippen LogP contribution in [0.2, 0.25) is 0 Å². The lowest BCUT2D eigenvalue weighted by atomic mass is 10.0. The lowest BCUT2D eigenvalue weighted by Gasteiger charge is -2.24. The van der Waals surface area contributed by atoms with Gasteiger partial charge in [0.25, 0.3) is 0 Å². The molecular formula is C29H44O7. The first kappa shape index (κ1) is 28.6. The molecule has 1 aromatic carbocycles. The van der Waals surface area contributed by atoms with Crippen LogP contribution in [-0.4, -0.2) is 55.7 Å². The van der Waals surface area contributed by atoms with E-state index in [1.807, 2.05) is 39.0 Å². The molecule has 0 spiro atoms. The molecule has 0 unspecified atom stereocenters. The molecule has 0 aliphatic carbocycles. The molecular weight excluding hydrogens is 460 g/mol. The van der Waals surface area contributed by atoms with Gasteiger partial charge in [-0.05, 0) is 64.9 Å². The maximum atomic E-state index is 12.8. The van der Waals surface area contributed by atoms with Gasteiger partial charge in [0.05, 0.1) is 56.1 Å². The lowest BCUT2D eigenvalue weighted by Crippen LogP contribution is -2.32. The van der Waals surface area contributed by atoms with E-state index in [1.165, 1.54) is 12.7 Å². The van der Waals surface area contributed by atoms with Crippen LogP contribution >= 0.6 is 0 Å². The minimum atomic E-state index is -0.320. The molecule has 2 aliphatic rings. The third-order valence-electron chi connectivity index (χ3n) is 7.56. The van der Waals surface area contributed by atoms with Gasteiger partial charge in [-0.3, -0.25) is 9.59 Å². The smallest absolute Gasteiger partial charge is 0.311 e. The molecule has 1 aromatic rings. The summed E-state index contributed by atoms with van der Waals surface area (Å²) in [6.07, 6.45) is 5.50. The van der Waals surface area contributed by atoms with Crippen LogP contribution in [0.1, 0.15) is 78.2 Å². The molecule has 2 aliphatic heterocycles. The number of hydrogen-bond acceptors (Lipinski definition) is 7. The van der Waals surface area contributed by atoms with Crippen LogP contribution in [0.3, 0.4) is 0 Å². The Morgan fingerprint density at radius 3 is 2.06 bits per heavy atom. The summed E-state index contributed by atoms with van der Waals surface area (Å²) >= 11 is 0. The second-order valence-electron chi connectivity index (χ2n) is 10.4. The molecule has 2 saturated heterocycles. The van der Waals surface area contributed by atoms with Crippen molar-refractivity contribution in [3.05, 3.63) is 35.9 Å². The average molecular weight is 505 g/mol. The van der Waals surface area contributed by atoms with E-state index in [9.17, 15) is 9.59 Å². The Morgan fingerprint density at radius 1 is 0.889 bits per heavy atom. The zero-order valence-electron chi connectivity index (χ0n) is 22.5. The van der Waals surface area contributed by atoms with Gasteiger partial charge >= 0.3 is 11.9 Å². The SMILES string of the molecule is CC[C@H](C[C@H]1CC[C@@H]([C@H](C)C(=O)O[C@H](C)C[C@H]2CC[C@@H]([C@H](C)C(=O)OC)O2)O1)OCc1ccccc1. The van der Waals surface area contributed by atoms with E-state index in [0.29, 0.717) is 13.0 Å². The highest BCUT2D eigenvalue weighted by Crippen LogP contribution is 2.31. The molecule has 0 radical (unpaired) electrons. The summed E-state index contributed by atoms with van der Waals surface area (Å²) in [7, 11) is 1.40. The van der Waals surface area contributed by atoms with Crippen LogP contribution in [0.4, 0.5) is 0 Å². The predicted molar refractivity (Wildman–Crippen MR) is 136 cm³/mol. The topological polar surface area (TPSA) is 80.3 Å². The van der Waals surface area contributed by atoms with E-state index in [0.717, 1.165) is 38.5 Å². The lowest BCUT2D eigenvalue weighted by molar-refractivity contribution is -0.159. The largest absolute Gasteiger partial charge is 0.469 e. The molecule has 0 amide bonds. The highest BCUT2D eigenvalue weighted by molar-refractivity contribution is 5.73. The van der Waals surface area contributed by atoms with Gasteiger partial charge in [0, 0.05) is 6.42 Å². The Balaban J connectivity index is 1.38. The first-order valence-electron chi connectivity index (χ1n) is 13.5. The number of ether oxygens (including phenoxy) is 5. The minimum absolute atomic E-state index is 0.0193. The zero-order chi connectivity index (χ0) is 26.1. The van der Waals surface area contributed by atoms with Crippen molar-refractivity contribution < 1.29 is 33.3 Å². The van der Waals surface area contributed by atoms with Crippen molar-refractivity contribution in [2.45, 2.75) is 116 Å². The van der Waals surface area contributed by atoms with Crippen molar-refractivity contribution in [1.82, 2.24) is 0 Å². The maximum absolute atomic E-state index is 12.8. The number of carbonyl (C=O) groups excluding carboxylic acids is 2. The molecule has 0 bridgehead atoms. The summed E-state index contributed by atoms with van der Waals surface area (Å²) in [5, 5.41) is 0. The monoisotopic (exact) mass is 504 g/mol. The Bertz CT molecular complexity index is 813. The Kier molecular flexibility index (Phi) is 11.2. The summed E-state index contributed by atoms with van der Waals surface area (Å²) < 4.78 is 29.0. The van der Waals surface area contributed by atoms with Crippen LogP contribution < -0.4 is 0 Å². The summed E-state index contributed by atoms with van der Waals surface area (Å²) in [4.78, 5) is 24.6. The molecule has 2 fully saturated rings. The van der Waals surface area contributed by atoms with Crippen molar-refractivity contribution in [3.63, 3.8) is 0 Å². The van der Waals surface area contributed by atoms with Crippen molar-refractivity contribution in [2.75, 3.05) is 7.11 Å². The van der Waals surface area contributed by atoms with E-state index in [2.05, 4.69) is 19.1 Å². The third kappa shape index (κ3) is 8.29. The number of hydrogen-bond donors (Lipinski definition) is 0. The van der Waals surface area contributed by atoms with Crippen molar-refractivity contribution in [2.24, 2.45) is 11.8 Å². The molecule has 2 heterocycles. The standard InChI is InChI=1S/C29H44O7/c1-6-23(33-18-22-10-8-7-9-11-22)17-25-13-15-27(36-25)21(4)29(31)34-19(2)16-24-12-14-26(35-24)20(3)28(30)32-5/h7-11,19-21,23-27H,6,12-18H2,1-5H3/t19-,20+,21+,23-,24-,25-,26+,27+/m1/s1. The Labute approximate surface area is 216 Å². The number of benzene rings is 1. The van der Waals surface area contributed by atoms with Gasteiger partial charge in [-0.2, -0.15) is 0 Å². The fourth-order valence-electron chi connectivity index (χ4n) is 5.20. The average Bonchev–Trinajstić information content (AvgIpc) is 3.55. The fourth-order valence-corrected chi connectivity index (χ4v) is 5.20. The van der Waals surface area contributed by atoms with E-state index >= 15 is 0 Å². The molecule has 36 heavy (non-hydrogen) atoms. The van der Waals surface area contributed by atoms with E-state index in [4.69, 9.17) is 23.7 Å². The third-order valence-corrected chi connectivity index (χ3v) is 7.56. The highest BCUT2D eigenvalue weighted by atomic mass is 16.6. The van der Waals surface area contributed by atoms with Crippen molar-refractivity contribution in [3.8, 4) is 0 Å². The number of rotatable bonds is 13. The van der Waals surface area contributed by atoms with Crippen LogP contribution in [0, 0.1) is 11.8 Å². The highest BCUT2D eigenvalue weighted by Gasteiger charge is 2.37. The predicted octanol–water partition coefficient (Wildman–Crippen LogP) is 5.23. The van der Waals surface area contributed by atoms with Crippen molar-refractivity contribution >= 4 is 11.9 Å². The van der Waals surface area contributed by atoms with Gasteiger partial charge in [0.1, 0.15) is 6.10 Å². The molecule has 8 atom stereocenters. The number of esters is 2. The minimum Gasteiger partial charge on any atom is -0.469 e. The summed E-state index contributed by atoms with van der Waals surface area (Å²) in [6, 6.07) is 10.2. The van der Waals surface area contributed by atoms with Crippen LogP contribution in [0.15, 0.2) is 30.3 Å². The Morgan fingerprint density at radius 2 is 1.47 bits per heavy atom. The first-order chi connectivity index (χ1) is 17.3. The second-order valence-corrected chi connectivity index (χ2v) is 10.4. The van der Waals surface area contributed by atoms with Crippen LogP contribution in [0.5, 0.6) is 0 Å². The van der Waals surface area contributed by atoms with E-state index in [1.54, 1.807) is 0 Å². The quantitative estimate of drug-likeness (QED) is 0.340. The van der Waals surface area contributed by atoms with Gasteiger partial charge < -0.3 is 23.7 Å². The van der Waals surface area contributed by atoms with Crippen LogP contribution in [0.25, 0.3) is 0 Å². The van der Waals surface area contributed by atoms with E-state index in [-0.39, 0.29) is 60.4 Å².